The average Bonchev–Trinajstić information content (AvgIpc) is 3.10. The van der Waals surface area contributed by atoms with Crippen molar-refractivity contribution in [1.29, 1.82) is 0 Å². The molecule has 1 aliphatic rings. The fourth-order valence-electron chi connectivity index (χ4n) is 3.37. The van der Waals surface area contributed by atoms with Crippen LogP contribution in [0.3, 0.4) is 0 Å². The number of nitrogens with zero attached hydrogens (tertiary/aromatic N) is 2. The van der Waals surface area contributed by atoms with Crippen LogP contribution in [0.4, 0.5) is 4.39 Å². The van der Waals surface area contributed by atoms with Gasteiger partial charge in [-0.1, -0.05) is 34.1 Å². The van der Waals surface area contributed by atoms with Crippen molar-refractivity contribution in [2.24, 2.45) is 0 Å². The van der Waals surface area contributed by atoms with E-state index in [9.17, 15) is 12.8 Å². The van der Waals surface area contributed by atoms with Crippen molar-refractivity contribution in [2.45, 2.75) is 17.5 Å². The summed E-state index contributed by atoms with van der Waals surface area (Å²) >= 11 is 3.41. The number of benzene rings is 2. The second-order valence-electron chi connectivity index (χ2n) is 6.15. The van der Waals surface area contributed by atoms with Crippen molar-refractivity contribution in [3.05, 3.63) is 88.4 Å². The number of hydrogen-bond acceptors (Lipinski definition) is 2. The van der Waals surface area contributed by atoms with Gasteiger partial charge < -0.3 is 4.57 Å². The van der Waals surface area contributed by atoms with Crippen LogP contribution in [0.2, 0.25) is 0 Å². The molecule has 4 nitrogen and oxygen atoms in total. The van der Waals surface area contributed by atoms with Crippen LogP contribution in [0.5, 0.6) is 0 Å². The van der Waals surface area contributed by atoms with Crippen LogP contribution in [0.1, 0.15) is 17.3 Å². The van der Waals surface area contributed by atoms with Crippen molar-refractivity contribution in [1.82, 2.24) is 8.87 Å². The highest BCUT2D eigenvalue weighted by Gasteiger charge is 2.37. The second-order valence-corrected chi connectivity index (χ2v) is 8.96. The predicted molar refractivity (Wildman–Crippen MR) is 101 cm³/mol. The molecular formula is C19H16BrFN2O2S. The number of sulfonamides is 1. The lowest BCUT2D eigenvalue weighted by Gasteiger charge is -2.36. The average molecular weight is 435 g/mol. The lowest BCUT2D eigenvalue weighted by Crippen LogP contribution is -2.42. The Kier molecular flexibility index (Phi) is 4.46. The SMILES string of the molecule is O=S(=O)(c1cccc(F)c1)N1CCn2cccc2[C@H]1c1ccc(Br)cc1. The molecule has 0 amide bonds. The van der Waals surface area contributed by atoms with Crippen LogP contribution in [0.15, 0.2) is 76.2 Å². The Morgan fingerprint density at radius 1 is 1.00 bits per heavy atom. The van der Waals surface area contributed by atoms with Gasteiger partial charge in [-0.3, -0.25) is 0 Å². The van der Waals surface area contributed by atoms with Gasteiger partial charge in [0.05, 0.1) is 10.9 Å². The van der Waals surface area contributed by atoms with Crippen molar-refractivity contribution in [3.63, 3.8) is 0 Å². The summed E-state index contributed by atoms with van der Waals surface area (Å²) in [6.07, 6.45) is 1.95. The molecule has 26 heavy (non-hydrogen) atoms. The normalized spacial score (nSPS) is 17.8. The van der Waals surface area contributed by atoms with Gasteiger partial charge in [-0.15, -0.1) is 0 Å². The third-order valence-corrected chi connectivity index (χ3v) is 6.97. The van der Waals surface area contributed by atoms with Gasteiger partial charge in [0.2, 0.25) is 10.0 Å². The molecule has 0 spiro atoms. The van der Waals surface area contributed by atoms with Gasteiger partial charge in [-0.2, -0.15) is 4.31 Å². The van der Waals surface area contributed by atoms with Crippen LogP contribution < -0.4 is 0 Å². The first kappa shape index (κ1) is 17.5. The maximum atomic E-state index is 13.6. The van der Waals surface area contributed by atoms with Crippen molar-refractivity contribution in [3.8, 4) is 0 Å². The van der Waals surface area contributed by atoms with Crippen LogP contribution in [0, 0.1) is 5.82 Å². The van der Waals surface area contributed by atoms with E-state index in [4.69, 9.17) is 0 Å². The van der Waals surface area contributed by atoms with Gasteiger partial charge in [0.15, 0.2) is 0 Å². The maximum absolute atomic E-state index is 13.6. The first-order valence-corrected chi connectivity index (χ1v) is 10.4. The van der Waals surface area contributed by atoms with E-state index >= 15 is 0 Å². The van der Waals surface area contributed by atoms with Gasteiger partial charge >= 0.3 is 0 Å². The summed E-state index contributed by atoms with van der Waals surface area (Å²) in [6.45, 7) is 0.880. The molecule has 0 radical (unpaired) electrons. The summed E-state index contributed by atoms with van der Waals surface area (Å²) in [5, 5.41) is 0. The number of rotatable bonds is 3. The molecule has 3 aromatic rings. The molecule has 1 atom stereocenters. The molecule has 0 aliphatic carbocycles. The summed E-state index contributed by atoms with van der Waals surface area (Å²) in [7, 11) is -3.84. The first-order chi connectivity index (χ1) is 12.5. The minimum Gasteiger partial charge on any atom is -0.348 e. The minimum atomic E-state index is -3.84. The Hall–Kier alpha value is -1.96. The fraction of sp³-hybridized carbons (Fsp3) is 0.158. The zero-order chi connectivity index (χ0) is 18.3. The van der Waals surface area contributed by atoms with E-state index in [2.05, 4.69) is 20.5 Å². The maximum Gasteiger partial charge on any atom is 0.244 e. The molecule has 0 unspecified atom stereocenters. The van der Waals surface area contributed by atoms with Crippen molar-refractivity contribution < 1.29 is 12.8 Å². The molecule has 0 saturated carbocycles. The van der Waals surface area contributed by atoms with Crippen molar-refractivity contribution in [2.75, 3.05) is 6.54 Å². The monoisotopic (exact) mass is 434 g/mol. The van der Waals surface area contributed by atoms with Gasteiger partial charge in [-0.25, -0.2) is 12.8 Å². The molecule has 2 aromatic carbocycles. The van der Waals surface area contributed by atoms with Crippen LogP contribution >= 0.6 is 15.9 Å². The zero-order valence-corrected chi connectivity index (χ0v) is 16.1. The van der Waals surface area contributed by atoms with Gasteiger partial charge in [0, 0.05) is 29.5 Å². The molecule has 0 fully saturated rings. The van der Waals surface area contributed by atoms with E-state index in [1.54, 1.807) is 0 Å². The zero-order valence-electron chi connectivity index (χ0n) is 13.7. The minimum absolute atomic E-state index is 0.0281. The molecule has 2 heterocycles. The highest BCUT2D eigenvalue weighted by atomic mass is 79.9. The number of fused-ring (bicyclic) bond motifs is 1. The standard InChI is InChI=1S/C19H16BrFN2O2S/c20-15-8-6-14(7-9-15)19-18-5-2-10-22(18)11-12-23(19)26(24,25)17-4-1-3-16(21)13-17/h1-10,13,19H,11-12H2/t19-/m1/s1. The second kappa shape index (κ2) is 6.64. The summed E-state index contributed by atoms with van der Waals surface area (Å²) in [5.74, 6) is -0.563. The molecule has 1 aromatic heterocycles. The Labute approximate surface area is 160 Å². The van der Waals surface area contributed by atoms with Crippen molar-refractivity contribution >= 4 is 26.0 Å². The molecule has 4 rings (SSSR count). The highest BCUT2D eigenvalue weighted by molar-refractivity contribution is 9.10. The molecule has 0 N–H and O–H groups in total. The first-order valence-electron chi connectivity index (χ1n) is 8.15. The highest BCUT2D eigenvalue weighted by Crippen LogP contribution is 2.36. The van der Waals surface area contributed by atoms with Crippen LogP contribution in [0.25, 0.3) is 0 Å². The molecule has 7 heteroatoms. The Balaban J connectivity index is 1.85. The Morgan fingerprint density at radius 2 is 1.77 bits per heavy atom. The Bertz CT molecular complexity index is 1050. The van der Waals surface area contributed by atoms with Gasteiger partial charge in [-0.05, 0) is 48.0 Å². The molecule has 0 bridgehead atoms. The van der Waals surface area contributed by atoms with Crippen LogP contribution in [-0.2, 0) is 16.6 Å². The van der Waals surface area contributed by atoms with E-state index in [-0.39, 0.29) is 4.90 Å². The lowest BCUT2D eigenvalue weighted by atomic mass is 10.0. The van der Waals surface area contributed by atoms with E-state index in [0.717, 1.165) is 21.8 Å². The summed E-state index contributed by atoms with van der Waals surface area (Å²) in [6, 6.07) is 16.2. The molecule has 0 saturated heterocycles. The largest absolute Gasteiger partial charge is 0.348 e. The van der Waals surface area contributed by atoms with E-state index in [1.807, 2.05) is 42.6 Å². The smallest absolute Gasteiger partial charge is 0.244 e. The topological polar surface area (TPSA) is 42.3 Å². The molecule has 1 aliphatic heterocycles. The fourth-order valence-corrected chi connectivity index (χ4v) is 5.24. The summed E-state index contributed by atoms with van der Waals surface area (Å²) in [4.78, 5) is -0.0281. The third kappa shape index (κ3) is 3.00. The number of hydrogen-bond donors (Lipinski definition) is 0. The molecule has 134 valence electrons. The summed E-state index contributed by atoms with van der Waals surface area (Å²) < 4.78 is 44.6. The third-order valence-electron chi connectivity index (χ3n) is 4.58. The van der Waals surface area contributed by atoms with E-state index in [1.165, 1.54) is 22.5 Å². The van der Waals surface area contributed by atoms with Gasteiger partial charge in [0.1, 0.15) is 5.82 Å². The summed E-state index contributed by atoms with van der Waals surface area (Å²) in [5.41, 5.74) is 1.77. The lowest BCUT2D eigenvalue weighted by molar-refractivity contribution is 0.298. The van der Waals surface area contributed by atoms with Gasteiger partial charge in [0.25, 0.3) is 0 Å². The molecular weight excluding hydrogens is 419 g/mol. The number of aromatic nitrogens is 1. The van der Waals surface area contributed by atoms with Crippen LogP contribution in [-0.4, -0.2) is 23.8 Å². The Morgan fingerprint density at radius 3 is 2.50 bits per heavy atom. The number of halogens is 2. The predicted octanol–water partition coefficient (Wildman–Crippen LogP) is 4.18. The quantitative estimate of drug-likeness (QED) is 0.620. The van der Waals surface area contributed by atoms with E-state index < -0.39 is 21.9 Å². The van der Waals surface area contributed by atoms with E-state index in [0.29, 0.717) is 13.1 Å².